The second-order valence-corrected chi connectivity index (χ2v) is 4.88. The van der Waals surface area contributed by atoms with E-state index in [2.05, 4.69) is 5.32 Å². The van der Waals surface area contributed by atoms with E-state index >= 15 is 0 Å². The Morgan fingerprint density at radius 2 is 2.15 bits per heavy atom. The number of aryl methyl sites for hydroxylation is 1. The Morgan fingerprint density at radius 1 is 1.50 bits per heavy atom. The van der Waals surface area contributed by atoms with E-state index in [0.29, 0.717) is 12.8 Å². The zero-order valence-corrected chi connectivity index (χ0v) is 11.2. The number of benzene rings is 1. The summed E-state index contributed by atoms with van der Waals surface area (Å²) in [5.74, 6) is -1.36. The summed E-state index contributed by atoms with van der Waals surface area (Å²) in [5, 5.41) is 13.4. The molecule has 1 amide bonds. The predicted molar refractivity (Wildman–Crippen MR) is 69.1 cm³/mol. The zero-order valence-electron chi connectivity index (χ0n) is 11.2. The van der Waals surface area contributed by atoms with Gasteiger partial charge in [-0.15, -0.1) is 0 Å². The van der Waals surface area contributed by atoms with Crippen molar-refractivity contribution < 1.29 is 18.8 Å². The molecular formula is C13H15FN2O4. The van der Waals surface area contributed by atoms with Crippen molar-refractivity contribution in [3.8, 4) is 0 Å². The molecule has 1 fully saturated rings. The van der Waals surface area contributed by atoms with Gasteiger partial charge in [0.05, 0.1) is 16.6 Å². The number of halogens is 1. The molecule has 0 aliphatic heterocycles. The van der Waals surface area contributed by atoms with Crippen LogP contribution >= 0.6 is 0 Å². The third kappa shape index (κ3) is 2.77. The maximum Gasteiger partial charge on any atom is 0.270 e. The van der Waals surface area contributed by atoms with Crippen molar-refractivity contribution in [3.05, 3.63) is 39.2 Å². The summed E-state index contributed by atoms with van der Waals surface area (Å²) in [7, 11) is 1.59. The Kier molecular flexibility index (Phi) is 3.99. The number of ether oxygens (including phenoxy) is 1. The van der Waals surface area contributed by atoms with Crippen LogP contribution in [0.25, 0.3) is 0 Å². The molecule has 0 spiro atoms. The number of hydrogen-bond acceptors (Lipinski definition) is 4. The summed E-state index contributed by atoms with van der Waals surface area (Å²) >= 11 is 0. The highest BCUT2D eigenvalue weighted by atomic mass is 19.1. The zero-order chi connectivity index (χ0) is 14.9. The van der Waals surface area contributed by atoms with Crippen LogP contribution in [0.15, 0.2) is 12.1 Å². The average Bonchev–Trinajstić information content (AvgIpc) is 2.35. The number of nitro groups is 1. The minimum Gasteiger partial charge on any atom is -0.381 e. The molecule has 0 unspecified atom stereocenters. The van der Waals surface area contributed by atoms with E-state index in [-0.39, 0.29) is 29.0 Å². The molecule has 0 atom stereocenters. The van der Waals surface area contributed by atoms with Crippen molar-refractivity contribution in [2.45, 2.75) is 31.9 Å². The van der Waals surface area contributed by atoms with Crippen molar-refractivity contribution in [3.63, 3.8) is 0 Å². The fraction of sp³-hybridized carbons (Fsp3) is 0.462. The Bertz CT molecular complexity index is 556. The molecule has 6 nitrogen and oxygen atoms in total. The van der Waals surface area contributed by atoms with Gasteiger partial charge in [0.25, 0.3) is 11.6 Å². The molecule has 1 saturated carbocycles. The lowest BCUT2D eigenvalue weighted by Crippen LogP contribution is -2.47. The number of rotatable bonds is 4. The molecule has 1 aliphatic carbocycles. The van der Waals surface area contributed by atoms with Crippen LogP contribution in [0.5, 0.6) is 0 Å². The number of methoxy groups -OCH3 is 1. The van der Waals surface area contributed by atoms with Crippen LogP contribution in [-0.4, -0.2) is 30.1 Å². The van der Waals surface area contributed by atoms with E-state index in [0.717, 1.165) is 12.1 Å². The summed E-state index contributed by atoms with van der Waals surface area (Å²) in [6, 6.07) is 1.99. The third-order valence-corrected chi connectivity index (χ3v) is 3.46. The first-order valence-electron chi connectivity index (χ1n) is 6.20. The molecule has 7 heteroatoms. The van der Waals surface area contributed by atoms with Crippen molar-refractivity contribution >= 4 is 11.6 Å². The molecule has 1 aromatic carbocycles. The minimum atomic E-state index is -0.726. The number of amides is 1. The molecule has 1 aliphatic rings. The van der Waals surface area contributed by atoms with Gasteiger partial charge in [0.15, 0.2) is 0 Å². The molecule has 0 bridgehead atoms. The fourth-order valence-corrected chi connectivity index (χ4v) is 2.16. The first-order valence-corrected chi connectivity index (χ1v) is 6.20. The van der Waals surface area contributed by atoms with Crippen LogP contribution < -0.4 is 5.32 Å². The summed E-state index contributed by atoms with van der Waals surface area (Å²) in [5.41, 5.74) is -0.511. The summed E-state index contributed by atoms with van der Waals surface area (Å²) in [6.07, 6.45) is 1.44. The summed E-state index contributed by atoms with van der Waals surface area (Å²) < 4.78 is 19.0. The summed E-state index contributed by atoms with van der Waals surface area (Å²) in [4.78, 5) is 22.1. The van der Waals surface area contributed by atoms with Gasteiger partial charge in [-0.3, -0.25) is 14.9 Å². The van der Waals surface area contributed by atoms with E-state index in [9.17, 15) is 19.3 Å². The van der Waals surface area contributed by atoms with Gasteiger partial charge < -0.3 is 10.1 Å². The van der Waals surface area contributed by atoms with E-state index in [1.807, 2.05) is 0 Å². The number of non-ortho nitro benzene ring substituents is 1. The van der Waals surface area contributed by atoms with E-state index < -0.39 is 16.6 Å². The Labute approximate surface area is 115 Å². The lowest BCUT2D eigenvalue weighted by atomic mass is 9.89. The molecule has 0 heterocycles. The van der Waals surface area contributed by atoms with Gasteiger partial charge in [-0.2, -0.15) is 0 Å². The quantitative estimate of drug-likeness (QED) is 0.676. The van der Waals surface area contributed by atoms with Gasteiger partial charge in [-0.05, 0) is 25.3 Å². The standard InChI is InChI=1S/C13H15FN2O4/c1-7-3-9(16(18)19)6-11(12(7)14)13(17)15-8-4-10(5-8)20-2/h3,6,8,10H,4-5H2,1-2H3,(H,15,17). The second kappa shape index (κ2) is 5.54. The highest BCUT2D eigenvalue weighted by molar-refractivity contribution is 5.95. The molecular weight excluding hydrogens is 267 g/mol. The number of carbonyl (C=O) groups is 1. The SMILES string of the molecule is COC1CC(NC(=O)c2cc([N+](=O)[O-])cc(C)c2F)C1. The highest BCUT2D eigenvalue weighted by Crippen LogP contribution is 2.25. The van der Waals surface area contributed by atoms with Gasteiger partial charge in [0.1, 0.15) is 5.82 Å². The van der Waals surface area contributed by atoms with Crippen LogP contribution in [0.3, 0.4) is 0 Å². The molecule has 0 aromatic heterocycles. The number of nitro benzene ring substituents is 1. The molecule has 20 heavy (non-hydrogen) atoms. The first-order chi connectivity index (χ1) is 9.42. The molecule has 2 rings (SSSR count). The number of nitrogens with zero attached hydrogens (tertiary/aromatic N) is 1. The van der Waals surface area contributed by atoms with Crippen LogP contribution in [0, 0.1) is 22.9 Å². The average molecular weight is 282 g/mol. The van der Waals surface area contributed by atoms with Crippen LogP contribution in [-0.2, 0) is 4.74 Å². The minimum absolute atomic E-state index is 0.0766. The molecule has 1 aromatic rings. The van der Waals surface area contributed by atoms with Gasteiger partial charge in [0, 0.05) is 25.3 Å². The van der Waals surface area contributed by atoms with Crippen molar-refractivity contribution in [1.82, 2.24) is 5.32 Å². The van der Waals surface area contributed by atoms with Crippen molar-refractivity contribution in [2.75, 3.05) is 7.11 Å². The third-order valence-electron chi connectivity index (χ3n) is 3.46. The first kappa shape index (κ1) is 14.4. The highest BCUT2D eigenvalue weighted by Gasteiger charge is 2.31. The molecule has 0 saturated heterocycles. The molecule has 0 radical (unpaired) electrons. The number of nitrogens with one attached hydrogen (secondary N) is 1. The lowest BCUT2D eigenvalue weighted by molar-refractivity contribution is -0.385. The van der Waals surface area contributed by atoms with Gasteiger partial charge in [-0.1, -0.05) is 0 Å². The Hall–Kier alpha value is -2.02. The van der Waals surface area contributed by atoms with E-state index in [1.165, 1.54) is 6.92 Å². The summed E-state index contributed by atoms with van der Waals surface area (Å²) in [6.45, 7) is 1.39. The molecule has 1 N–H and O–H groups in total. The van der Waals surface area contributed by atoms with E-state index in [4.69, 9.17) is 4.74 Å². The van der Waals surface area contributed by atoms with Crippen molar-refractivity contribution in [2.24, 2.45) is 0 Å². The monoisotopic (exact) mass is 282 g/mol. The van der Waals surface area contributed by atoms with Crippen LogP contribution in [0.2, 0.25) is 0 Å². The van der Waals surface area contributed by atoms with Crippen molar-refractivity contribution in [1.29, 1.82) is 0 Å². The topological polar surface area (TPSA) is 81.5 Å². The maximum absolute atomic E-state index is 13.9. The van der Waals surface area contributed by atoms with Crippen LogP contribution in [0.1, 0.15) is 28.8 Å². The lowest BCUT2D eigenvalue weighted by Gasteiger charge is -2.34. The van der Waals surface area contributed by atoms with Crippen LogP contribution in [0.4, 0.5) is 10.1 Å². The predicted octanol–water partition coefficient (Wildman–Crippen LogP) is 1.95. The molecule has 108 valence electrons. The second-order valence-electron chi connectivity index (χ2n) is 4.88. The maximum atomic E-state index is 13.9. The van der Waals surface area contributed by atoms with Gasteiger partial charge in [0.2, 0.25) is 0 Å². The normalized spacial score (nSPS) is 21.1. The van der Waals surface area contributed by atoms with Gasteiger partial charge >= 0.3 is 0 Å². The number of hydrogen-bond donors (Lipinski definition) is 1. The van der Waals surface area contributed by atoms with Gasteiger partial charge in [-0.25, -0.2) is 4.39 Å². The smallest absolute Gasteiger partial charge is 0.270 e. The fourth-order valence-electron chi connectivity index (χ4n) is 2.16. The number of carbonyl (C=O) groups excluding carboxylic acids is 1. The van der Waals surface area contributed by atoms with E-state index in [1.54, 1.807) is 7.11 Å². The largest absolute Gasteiger partial charge is 0.381 e. The Morgan fingerprint density at radius 3 is 2.70 bits per heavy atom. The Balaban J connectivity index is 2.15.